The molecule has 0 amide bonds. The molecule has 2 unspecified atom stereocenters. The summed E-state index contributed by atoms with van der Waals surface area (Å²) < 4.78 is 4.68. The number of rotatable bonds is 1. The second kappa shape index (κ2) is 5.22. The van der Waals surface area contributed by atoms with Crippen LogP contribution in [0.2, 0.25) is 0 Å². The smallest absolute Gasteiger partial charge is 0.308 e. The highest BCUT2D eigenvalue weighted by molar-refractivity contribution is 5.72. The molecule has 1 aliphatic carbocycles. The van der Waals surface area contributed by atoms with Crippen molar-refractivity contribution >= 4 is 5.97 Å². The summed E-state index contributed by atoms with van der Waals surface area (Å²) in [5, 5.41) is 9.52. The van der Waals surface area contributed by atoms with Crippen LogP contribution in [0.5, 0.6) is 0 Å². The molecule has 0 bridgehead atoms. The normalized spacial score (nSPS) is 30.3. The fraction of sp³-hybridized carbons (Fsp3) is 0.900. The molecule has 3 heteroatoms. The van der Waals surface area contributed by atoms with Crippen LogP contribution in [0, 0.1) is 5.92 Å². The molecule has 3 nitrogen and oxygen atoms in total. The molecular formula is C10H18O3. The summed E-state index contributed by atoms with van der Waals surface area (Å²) in [4.78, 5) is 11.2. The third kappa shape index (κ3) is 3.35. The molecule has 0 aromatic rings. The Morgan fingerprint density at radius 1 is 1.31 bits per heavy atom. The summed E-state index contributed by atoms with van der Waals surface area (Å²) in [7, 11) is 1.41. The quantitative estimate of drug-likeness (QED) is 0.631. The van der Waals surface area contributed by atoms with Crippen molar-refractivity contribution < 1.29 is 14.6 Å². The summed E-state index contributed by atoms with van der Waals surface area (Å²) in [5.74, 6) is -0.249. The predicted molar refractivity (Wildman–Crippen MR) is 49.2 cm³/mol. The predicted octanol–water partition coefficient (Wildman–Crippen LogP) is 1.49. The molecule has 1 fully saturated rings. The molecule has 76 valence electrons. The van der Waals surface area contributed by atoms with Crippen LogP contribution in [0.4, 0.5) is 0 Å². The lowest BCUT2D eigenvalue weighted by molar-refractivity contribution is -0.147. The van der Waals surface area contributed by atoms with Gasteiger partial charge in [0.25, 0.3) is 0 Å². The first-order chi connectivity index (χ1) is 6.24. The highest BCUT2D eigenvalue weighted by atomic mass is 16.5. The van der Waals surface area contributed by atoms with E-state index in [0.29, 0.717) is 6.42 Å². The molecule has 1 saturated carbocycles. The Bertz CT molecular complexity index is 168. The summed E-state index contributed by atoms with van der Waals surface area (Å²) in [6.07, 6.45) is 5.22. The summed E-state index contributed by atoms with van der Waals surface area (Å²) in [5.41, 5.74) is 0. The average Bonchev–Trinajstić information content (AvgIpc) is 2.10. The number of aliphatic hydroxyl groups excluding tert-OH is 1. The highest BCUT2D eigenvalue weighted by Crippen LogP contribution is 2.23. The lowest BCUT2D eigenvalue weighted by atomic mass is 9.90. The van der Waals surface area contributed by atoms with Gasteiger partial charge in [-0.3, -0.25) is 4.79 Å². The monoisotopic (exact) mass is 186 g/mol. The topological polar surface area (TPSA) is 46.5 Å². The Balaban J connectivity index is 2.45. The van der Waals surface area contributed by atoms with Crippen molar-refractivity contribution in [2.24, 2.45) is 5.92 Å². The van der Waals surface area contributed by atoms with Gasteiger partial charge in [0.15, 0.2) is 0 Å². The van der Waals surface area contributed by atoms with Crippen molar-refractivity contribution in [3.05, 3.63) is 0 Å². The van der Waals surface area contributed by atoms with Crippen molar-refractivity contribution in [3.8, 4) is 0 Å². The minimum Gasteiger partial charge on any atom is -0.469 e. The molecule has 0 aromatic heterocycles. The molecule has 0 aromatic carbocycles. The Morgan fingerprint density at radius 3 is 2.69 bits per heavy atom. The number of carbonyl (C=O) groups excluding carboxylic acids is 1. The van der Waals surface area contributed by atoms with Gasteiger partial charge in [0.1, 0.15) is 0 Å². The van der Waals surface area contributed by atoms with E-state index in [1.807, 2.05) is 0 Å². The Kier molecular flexibility index (Phi) is 4.22. The van der Waals surface area contributed by atoms with Gasteiger partial charge >= 0.3 is 5.97 Å². The van der Waals surface area contributed by atoms with E-state index in [2.05, 4.69) is 4.74 Å². The SMILES string of the molecule is COC(=O)C1CCCCCC(O)C1. The van der Waals surface area contributed by atoms with Gasteiger partial charge in [-0.2, -0.15) is 0 Å². The Hall–Kier alpha value is -0.570. The maximum absolute atomic E-state index is 11.2. The maximum atomic E-state index is 11.2. The van der Waals surface area contributed by atoms with Crippen LogP contribution in [-0.4, -0.2) is 24.3 Å². The Morgan fingerprint density at radius 2 is 2.00 bits per heavy atom. The van der Waals surface area contributed by atoms with Gasteiger partial charge in [0.05, 0.1) is 19.1 Å². The molecule has 0 heterocycles. The largest absolute Gasteiger partial charge is 0.469 e. The van der Waals surface area contributed by atoms with Crippen LogP contribution >= 0.6 is 0 Å². The van der Waals surface area contributed by atoms with Gasteiger partial charge in [-0.05, 0) is 19.3 Å². The van der Waals surface area contributed by atoms with E-state index in [1.54, 1.807) is 0 Å². The van der Waals surface area contributed by atoms with Crippen molar-refractivity contribution in [1.82, 2.24) is 0 Å². The lowest BCUT2D eigenvalue weighted by Crippen LogP contribution is -2.23. The van der Waals surface area contributed by atoms with Gasteiger partial charge in [0, 0.05) is 0 Å². The number of hydrogen-bond donors (Lipinski definition) is 1. The molecule has 1 rings (SSSR count). The second-order valence-corrected chi connectivity index (χ2v) is 3.75. The van der Waals surface area contributed by atoms with Crippen LogP contribution in [0.3, 0.4) is 0 Å². The zero-order valence-corrected chi connectivity index (χ0v) is 8.16. The number of methoxy groups -OCH3 is 1. The third-order valence-electron chi connectivity index (χ3n) is 2.68. The van der Waals surface area contributed by atoms with E-state index in [4.69, 9.17) is 0 Å². The van der Waals surface area contributed by atoms with Crippen molar-refractivity contribution in [2.45, 2.75) is 44.6 Å². The summed E-state index contributed by atoms with van der Waals surface area (Å²) in [6, 6.07) is 0. The molecule has 0 saturated heterocycles. The standard InChI is InChI=1S/C10H18O3/c1-13-10(12)8-5-3-2-4-6-9(11)7-8/h8-9,11H,2-7H2,1H3. The van der Waals surface area contributed by atoms with Crippen LogP contribution in [-0.2, 0) is 9.53 Å². The van der Waals surface area contributed by atoms with Gasteiger partial charge in [-0.15, -0.1) is 0 Å². The number of ether oxygens (including phenoxy) is 1. The molecule has 13 heavy (non-hydrogen) atoms. The first kappa shape index (κ1) is 10.5. The van der Waals surface area contributed by atoms with Crippen molar-refractivity contribution in [2.75, 3.05) is 7.11 Å². The van der Waals surface area contributed by atoms with Gasteiger partial charge in [-0.25, -0.2) is 0 Å². The van der Waals surface area contributed by atoms with E-state index in [0.717, 1.165) is 32.1 Å². The van der Waals surface area contributed by atoms with Crippen molar-refractivity contribution in [3.63, 3.8) is 0 Å². The summed E-state index contributed by atoms with van der Waals surface area (Å²) >= 11 is 0. The van der Waals surface area contributed by atoms with Gasteiger partial charge < -0.3 is 9.84 Å². The number of carbonyl (C=O) groups is 1. The highest BCUT2D eigenvalue weighted by Gasteiger charge is 2.23. The van der Waals surface area contributed by atoms with Gasteiger partial charge in [-0.1, -0.05) is 19.3 Å². The molecule has 2 atom stereocenters. The first-order valence-corrected chi connectivity index (χ1v) is 5.00. The molecule has 0 aliphatic heterocycles. The fourth-order valence-corrected chi connectivity index (χ4v) is 1.89. The molecule has 0 radical (unpaired) electrons. The minimum atomic E-state index is -0.315. The van der Waals surface area contributed by atoms with Gasteiger partial charge in [0.2, 0.25) is 0 Å². The Labute approximate surface area is 79.1 Å². The number of hydrogen-bond acceptors (Lipinski definition) is 3. The van der Waals surface area contributed by atoms with E-state index in [-0.39, 0.29) is 18.0 Å². The van der Waals surface area contributed by atoms with E-state index in [1.165, 1.54) is 7.11 Å². The van der Waals surface area contributed by atoms with E-state index >= 15 is 0 Å². The molecule has 1 aliphatic rings. The van der Waals surface area contributed by atoms with E-state index < -0.39 is 0 Å². The summed E-state index contributed by atoms with van der Waals surface area (Å²) in [6.45, 7) is 0. The van der Waals surface area contributed by atoms with E-state index in [9.17, 15) is 9.90 Å². The first-order valence-electron chi connectivity index (χ1n) is 5.00. The minimum absolute atomic E-state index is 0.0831. The van der Waals surface area contributed by atoms with Crippen LogP contribution in [0.25, 0.3) is 0 Å². The van der Waals surface area contributed by atoms with Crippen LogP contribution < -0.4 is 0 Å². The molecule has 0 spiro atoms. The van der Waals surface area contributed by atoms with Crippen molar-refractivity contribution in [1.29, 1.82) is 0 Å². The van der Waals surface area contributed by atoms with Crippen LogP contribution in [0.15, 0.2) is 0 Å². The number of esters is 1. The van der Waals surface area contributed by atoms with Crippen LogP contribution in [0.1, 0.15) is 38.5 Å². The lowest BCUT2D eigenvalue weighted by Gasteiger charge is -2.21. The second-order valence-electron chi connectivity index (χ2n) is 3.75. The third-order valence-corrected chi connectivity index (χ3v) is 2.68. The molecule has 1 N–H and O–H groups in total. The fourth-order valence-electron chi connectivity index (χ4n) is 1.89. The number of aliphatic hydroxyl groups is 1. The average molecular weight is 186 g/mol. The zero-order chi connectivity index (χ0) is 9.68. The maximum Gasteiger partial charge on any atom is 0.308 e. The zero-order valence-electron chi connectivity index (χ0n) is 8.16. The molecular weight excluding hydrogens is 168 g/mol.